The van der Waals surface area contributed by atoms with E-state index in [1.54, 1.807) is 0 Å². The van der Waals surface area contributed by atoms with Crippen molar-refractivity contribution in [2.75, 3.05) is 18.0 Å². The standard InChI is InChI=1S/C23H22N4O/c1-26-14-19(12-25-26)16-2-4-17(5-3-16)23-13-24-11-18-6-7-20(10-22(18)23)27-9-8-21(28)15-27/h2-7,10-14,21,28H,8-9,15H2,1H3. The predicted molar refractivity (Wildman–Crippen MR) is 112 cm³/mol. The van der Waals surface area contributed by atoms with Crippen molar-refractivity contribution in [1.82, 2.24) is 14.8 Å². The summed E-state index contributed by atoms with van der Waals surface area (Å²) in [5.41, 5.74) is 5.68. The van der Waals surface area contributed by atoms with Gasteiger partial charge in [-0.15, -0.1) is 0 Å². The van der Waals surface area contributed by atoms with E-state index in [2.05, 4.69) is 57.4 Å². The summed E-state index contributed by atoms with van der Waals surface area (Å²) in [7, 11) is 1.93. The lowest BCUT2D eigenvalue weighted by atomic mass is 9.98. The van der Waals surface area contributed by atoms with Gasteiger partial charge in [0, 0.05) is 60.9 Å². The van der Waals surface area contributed by atoms with E-state index in [1.165, 1.54) is 5.39 Å². The van der Waals surface area contributed by atoms with Gasteiger partial charge in [-0.05, 0) is 35.1 Å². The van der Waals surface area contributed by atoms with Crippen molar-refractivity contribution >= 4 is 16.5 Å². The molecule has 1 unspecified atom stereocenters. The van der Waals surface area contributed by atoms with E-state index in [9.17, 15) is 5.11 Å². The number of nitrogens with zero attached hydrogens (tertiary/aromatic N) is 4. The molecule has 0 bridgehead atoms. The molecule has 1 atom stereocenters. The second kappa shape index (κ2) is 6.77. The molecule has 2 aromatic heterocycles. The predicted octanol–water partition coefficient (Wildman–Crippen LogP) is 3.87. The number of benzene rings is 2. The molecule has 28 heavy (non-hydrogen) atoms. The lowest BCUT2D eigenvalue weighted by molar-refractivity contribution is 0.198. The first kappa shape index (κ1) is 17.0. The van der Waals surface area contributed by atoms with Gasteiger partial charge in [-0.1, -0.05) is 30.3 Å². The van der Waals surface area contributed by atoms with E-state index in [0.29, 0.717) is 6.54 Å². The number of hydrogen-bond donors (Lipinski definition) is 1. The SMILES string of the molecule is Cn1cc(-c2ccc(-c3cncc4ccc(N5CCC(O)C5)cc34)cc2)cn1. The molecule has 5 rings (SSSR count). The van der Waals surface area contributed by atoms with E-state index in [1.807, 2.05) is 36.5 Å². The highest BCUT2D eigenvalue weighted by Crippen LogP contribution is 2.33. The third kappa shape index (κ3) is 3.04. The van der Waals surface area contributed by atoms with Crippen molar-refractivity contribution < 1.29 is 5.11 Å². The van der Waals surface area contributed by atoms with Crippen LogP contribution in [0.15, 0.2) is 67.3 Å². The Morgan fingerprint density at radius 2 is 1.79 bits per heavy atom. The van der Waals surface area contributed by atoms with Gasteiger partial charge in [0.25, 0.3) is 0 Å². The Morgan fingerprint density at radius 3 is 2.50 bits per heavy atom. The van der Waals surface area contributed by atoms with Gasteiger partial charge in [0.1, 0.15) is 0 Å². The van der Waals surface area contributed by atoms with Crippen LogP contribution in [0.25, 0.3) is 33.0 Å². The summed E-state index contributed by atoms with van der Waals surface area (Å²) >= 11 is 0. The topological polar surface area (TPSA) is 54.2 Å². The minimum absolute atomic E-state index is 0.229. The van der Waals surface area contributed by atoms with Crippen molar-refractivity contribution in [3.8, 4) is 22.3 Å². The van der Waals surface area contributed by atoms with Crippen LogP contribution < -0.4 is 4.90 Å². The normalized spacial score (nSPS) is 16.8. The molecule has 1 saturated heterocycles. The van der Waals surface area contributed by atoms with Crippen molar-refractivity contribution in [3.05, 3.63) is 67.3 Å². The van der Waals surface area contributed by atoms with Crippen LogP contribution in [0, 0.1) is 0 Å². The second-order valence-corrected chi connectivity index (χ2v) is 7.46. The first-order chi connectivity index (χ1) is 13.7. The monoisotopic (exact) mass is 370 g/mol. The zero-order valence-electron chi connectivity index (χ0n) is 15.8. The maximum absolute atomic E-state index is 9.87. The molecule has 140 valence electrons. The fraction of sp³-hybridized carbons (Fsp3) is 0.217. The highest BCUT2D eigenvalue weighted by molar-refractivity contribution is 5.98. The summed E-state index contributed by atoms with van der Waals surface area (Å²) in [6.45, 7) is 1.60. The summed E-state index contributed by atoms with van der Waals surface area (Å²) in [5.74, 6) is 0. The van der Waals surface area contributed by atoms with Crippen LogP contribution in [-0.2, 0) is 7.05 Å². The van der Waals surface area contributed by atoms with Crippen molar-refractivity contribution in [2.24, 2.45) is 7.05 Å². The Balaban J connectivity index is 1.54. The number of rotatable bonds is 3. The maximum atomic E-state index is 9.87. The minimum atomic E-state index is -0.229. The van der Waals surface area contributed by atoms with E-state index >= 15 is 0 Å². The average Bonchev–Trinajstić information content (AvgIpc) is 3.36. The van der Waals surface area contributed by atoms with Crippen LogP contribution in [0.1, 0.15) is 6.42 Å². The minimum Gasteiger partial charge on any atom is -0.391 e. The smallest absolute Gasteiger partial charge is 0.0731 e. The third-order valence-electron chi connectivity index (χ3n) is 5.51. The van der Waals surface area contributed by atoms with Crippen LogP contribution in [0.5, 0.6) is 0 Å². The van der Waals surface area contributed by atoms with Crippen LogP contribution in [0.4, 0.5) is 5.69 Å². The van der Waals surface area contributed by atoms with E-state index in [4.69, 9.17) is 0 Å². The van der Waals surface area contributed by atoms with E-state index in [0.717, 1.165) is 46.3 Å². The Hall–Kier alpha value is -3.18. The number of fused-ring (bicyclic) bond motifs is 1. The molecule has 1 aliphatic rings. The fourth-order valence-corrected chi connectivity index (χ4v) is 3.97. The van der Waals surface area contributed by atoms with Gasteiger partial charge >= 0.3 is 0 Å². The van der Waals surface area contributed by atoms with Crippen molar-refractivity contribution in [3.63, 3.8) is 0 Å². The Kier molecular flexibility index (Phi) is 4.10. The maximum Gasteiger partial charge on any atom is 0.0731 e. The Morgan fingerprint density at radius 1 is 0.964 bits per heavy atom. The number of pyridine rings is 1. The molecule has 3 heterocycles. The van der Waals surface area contributed by atoms with Crippen LogP contribution in [0.3, 0.4) is 0 Å². The fourth-order valence-electron chi connectivity index (χ4n) is 3.97. The molecule has 1 aliphatic heterocycles. The number of hydrogen-bond acceptors (Lipinski definition) is 4. The van der Waals surface area contributed by atoms with E-state index < -0.39 is 0 Å². The highest BCUT2D eigenvalue weighted by Gasteiger charge is 2.20. The number of aliphatic hydroxyl groups excluding tert-OH is 1. The largest absolute Gasteiger partial charge is 0.391 e. The van der Waals surface area contributed by atoms with Crippen molar-refractivity contribution in [1.29, 1.82) is 0 Å². The number of aromatic nitrogens is 3. The summed E-state index contributed by atoms with van der Waals surface area (Å²) < 4.78 is 1.81. The molecule has 0 amide bonds. The molecule has 5 nitrogen and oxygen atoms in total. The first-order valence-electron chi connectivity index (χ1n) is 9.57. The number of anilines is 1. The van der Waals surface area contributed by atoms with Gasteiger partial charge in [0.05, 0.1) is 12.3 Å². The molecular weight excluding hydrogens is 348 g/mol. The average molecular weight is 370 g/mol. The van der Waals surface area contributed by atoms with Gasteiger partial charge in [-0.3, -0.25) is 9.67 Å². The van der Waals surface area contributed by atoms with Crippen LogP contribution in [0.2, 0.25) is 0 Å². The van der Waals surface area contributed by atoms with E-state index in [-0.39, 0.29) is 6.10 Å². The molecule has 1 fully saturated rings. The van der Waals surface area contributed by atoms with Gasteiger partial charge < -0.3 is 10.0 Å². The molecule has 0 spiro atoms. The Bertz CT molecular complexity index is 1130. The molecule has 4 aromatic rings. The lowest BCUT2D eigenvalue weighted by Gasteiger charge is -2.19. The molecular formula is C23H22N4O. The van der Waals surface area contributed by atoms with Gasteiger partial charge in [0.2, 0.25) is 0 Å². The first-order valence-corrected chi connectivity index (χ1v) is 9.57. The summed E-state index contributed by atoms with van der Waals surface area (Å²) in [4.78, 5) is 6.70. The van der Waals surface area contributed by atoms with Crippen LogP contribution in [-0.4, -0.2) is 39.1 Å². The molecule has 5 heteroatoms. The van der Waals surface area contributed by atoms with Gasteiger partial charge in [0.15, 0.2) is 0 Å². The molecule has 1 N–H and O–H groups in total. The third-order valence-corrected chi connectivity index (χ3v) is 5.51. The summed E-state index contributed by atoms with van der Waals surface area (Å²) in [6.07, 6.45) is 8.34. The van der Waals surface area contributed by atoms with Gasteiger partial charge in [-0.2, -0.15) is 5.10 Å². The number of aryl methyl sites for hydroxylation is 1. The lowest BCUT2D eigenvalue weighted by Crippen LogP contribution is -2.20. The molecule has 0 saturated carbocycles. The van der Waals surface area contributed by atoms with Crippen LogP contribution >= 0.6 is 0 Å². The second-order valence-electron chi connectivity index (χ2n) is 7.46. The zero-order valence-corrected chi connectivity index (χ0v) is 15.8. The molecule has 2 aromatic carbocycles. The number of aliphatic hydroxyl groups is 1. The van der Waals surface area contributed by atoms with Crippen molar-refractivity contribution in [2.45, 2.75) is 12.5 Å². The molecule has 0 aliphatic carbocycles. The zero-order chi connectivity index (χ0) is 19.1. The number of β-amino-alcohol motifs (C(OH)–C–C–N with tert-alkyl or cyclic N) is 1. The Labute approximate surface area is 163 Å². The van der Waals surface area contributed by atoms with Gasteiger partial charge in [-0.25, -0.2) is 0 Å². The quantitative estimate of drug-likeness (QED) is 0.595. The summed E-state index contributed by atoms with van der Waals surface area (Å²) in [6, 6.07) is 15.0. The summed E-state index contributed by atoms with van der Waals surface area (Å²) in [5, 5.41) is 16.4. The molecule has 0 radical (unpaired) electrons. The highest BCUT2D eigenvalue weighted by atomic mass is 16.3.